The van der Waals surface area contributed by atoms with Gasteiger partial charge in [-0.3, -0.25) is 9.59 Å². The second-order valence-electron chi connectivity index (χ2n) is 6.87. The van der Waals surface area contributed by atoms with Gasteiger partial charge in [-0.05, 0) is 48.1 Å². The Balaban J connectivity index is 2.20. The minimum atomic E-state index is -0.198. The fourth-order valence-electron chi connectivity index (χ4n) is 2.96. The van der Waals surface area contributed by atoms with Gasteiger partial charge in [0.15, 0.2) is 0 Å². The Bertz CT molecular complexity index is 779. The van der Waals surface area contributed by atoms with Crippen molar-refractivity contribution in [3.05, 3.63) is 59.2 Å². The van der Waals surface area contributed by atoms with E-state index in [2.05, 4.69) is 26.1 Å². The predicted octanol–water partition coefficient (Wildman–Crippen LogP) is 4.67. The molecule has 2 aromatic rings. The first-order valence-electron chi connectivity index (χ1n) is 9.09. The van der Waals surface area contributed by atoms with Gasteiger partial charge in [0.05, 0.1) is 0 Å². The smallest absolute Gasteiger partial charge is 0.244 e. The van der Waals surface area contributed by atoms with Crippen LogP contribution in [0, 0.1) is 6.92 Å². The third kappa shape index (κ3) is 4.72. The molecular weight excluding hydrogens is 324 g/mol. The summed E-state index contributed by atoms with van der Waals surface area (Å²) in [6.07, 6.45) is 0.937. The van der Waals surface area contributed by atoms with Crippen LogP contribution in [0.3, 0.4) is 0 Å². The van der Waals surface area contributed by atoms with E-state index < -0.39 is 0 Å². The van der Waals surface area contributed by atoms with E-state index in [4.69, 9.17) is 0 Å². The number of carbonyl (C=O) groups excluding carboxylic acids is 2. The minimum Gasteiger partial charge on any atom is -0.324 e. The molecule has 2 amide bonds. The molecule has 0 unspecified atom stereocenters. The molecule has 0 aliphatic carbocycles. The summed E-state index contributed by atoms with van der Waals surface area (Å²) in [5, 5.41) is 3.00. The number of nitrogens with one attached hydrogen (secondary N) is 1. The maximum Gasteiger partial charge on any atom is 0.244 e. The van der Waals surface area contributed by atoms with E-state index in [1.165, 1.54) is 17.4 Å². The van der Waals surface area contributed by atoms with Crippen LogP contribution in [-0.4, -0.2) is 18.4 Å². The third-order valence-corrected chi connectivity index (χ3v) is 4.53. The maximum atomic E-state index is 12.6. The summed E-state index contributed by atoms with van der Waals surface area (Å²) in [5.41, 5.74) is 4.89. The molecule has 0 aromatic heterocycles. The predicted molar refractivity (Wildman–Crippen MR) is 108 cm³/mol. The highest BCUT2D eigenvalue weighted by atomic mass is 16.2. The normalized spacial score (nSPS) is 10.7. The van der Waals surface area contributed by atoms with Crippen molar-refractivity contribution in [3.8, 4) is 0 Å². The van der Waals surface area contributed by atoms with Crippen molar-refractivity contribution in [1.29, 1.82) is 0 Å². The van der Waals surface area contributed by atoms with Crippen LogP contribution in [-0.2, 0) is 16.0 Å². The van der Waals surface area contributed by atoms with E-state index in [0.717, 1.165) is 28.9 Å². The van der Waals surface area contributed by atoms with Crippen LogP contribution in [0.5, 0.6) is 0 Å². The summed E-state index contributed by atoms with van der Waals surface area (Å²) < 4.78 is 0. The molecular formula is C22H28N2O2. The lowest BCUT2D eigenvalue weighted by Crippen LogP contribution is -2.37. The average Bonchev–Trinajstić information content (AvgIpc) is 2.61. The number of rotatable bonds is 6. The highest BCUT2D eigenvalue weighted by Gasteiger charge is 2.18. The van der Waals surface area contributed by atoms with Gasteiger partial charge >= 0.3 is 0 Å². The van der Waals surface area contributed by atoms with Gasteiger partial charge in [-0.1, -0.05) is 51.1 Å². The van der Waals surface area contributed by atoms with Gasteiger partial charge in [0, 0.05) is 18.3 Å². The topological polar surface area (TPSA) is 49.4 Å². The van der Waals surface area contributed by atoms with Crippen molar-refractivity contribution in [2.75, 3.05) is 16.8 Å². The quantitative estimate of drug-likeness (QED) is 0.821. The number of aryl methyl sites for hydroxylation is 2. The number of hydrogen-bond donors (Lipinski definition) is 1. The molecule has 0 saturated carbocycles. The number of nitrogens with zero attached hydrogens (tertiary/aromatic N) is 1. The minimum absolute atomic E-state index is 0.00727. The molecule has 2 rings (SSSR count). The molecule has 0 radical (unpaired) electrons. The van der Waals surface area contributed by atoms with Gasteiger partial charge in [0.1, 0.15) is 6.54 Å². The van der Waals surface area contributed by atoms with Gasteiger partial charge in [-0.2, -0.15) is 0 Å². The van der Waals surface area contributed by atoms with Crippen LogP contribution >= 0.6 is 0 Å². The van der Waals surface area contributed by atoms with Crippen molar-refractivity contribution < 1.29 is 9.59 Å². The van der Waals surface area contributed by atoms with Crippen molar-refractivity contribution in [1.82, 2.24) is 0 Å². The van der Waals surface area contributed by atoms with Crippen LogP contribution in [0.4, 0.5) is 11.4 Å². The summed E-state index contributed by atoms with van der Waals surface area (Å²) in [6, 6.07) is 13.8. The number of hydrogen-bond acceptors (Lipinski definition) is 2. The van der Waals surface area contributed by atoms with Crippen LogP contribution < -0.4 is 10.2 Å². The molecule has 26 heavy (non-hydrogen) atoms. The summed E-state index contributed by atoms with van der Waals surface area (Å²) in [6.45, 7) is 9.73. The molecule has 0 aliphatic heterocycles. The van der Waals surface area contributed by atoms with Crippen molar-refractivity contribution in [2.24, 2.45) is 0 Å². The zero-order valence-corrected chi connectivity index (χ0v) is 16.3. The Labute approximate surface area is 156 Å². The van der Waals surface area contributed by atoms with E-state index in [1.807, 2.05) is 49.4 Å². The van der Waals surface area contributed by atoms with Crippen LogP contribution in [0.25, 0.3) is 0 Å². The van der Waals surface area contributed by atoms with Crippen molar-refractivity contribution in [2.45, 2.75) is 47.0 Å². The molecule has 138 valence electrons. The average molecular weight is 352 g/mol. The van der Waals surface area contributed by atoms with Gasteiger partial charge in [-0.15, -0.1) is 0 Å². The summed E-state index contributed by atoms with van der Waals surface area (Å²) in [4.78, 5) is 26.2. The monoisotopic (exact) mass is 352 g/mol. The first-order valence-corrected chi connectivity index (χ1v) is 9.09. The summed E-state index contributed by atoms with van der Waals surface area (Å²) in [7, 11) is 0. The van der Waals surface area contributed by atoms with Gasteiger partial charge in [0.25, 0.3) is 0 Å². The van der Waals surface area contributed by atoms with Crippen LogP contribution in [0.2, 0.25) is 0 Å². The maximum absolute atomic E-state index is 12.6. The fourth-order valence-corrected chi connectivity index (χ4v) is 2.96. The number of carbonyl (C=O) groups is 2. The summed E-state index contributed by atoms with van der Waals surface area (Å²) >= 11 is 0. The molecule has 0 atom stereocenters. The molecule has 0 fully saturated rings. The van der Waals surface area contributed by atoms with E-state index in [9.17, 15) is 9.59 Å². The van der Waals surface area contributed by atoms with Crippen molar-refractivity contribution in [3.63, 3.8) is 0 Å². The van der Waals surface area contributed by atoms with Gasteiger partial charge in [-0.25, -0.2) is 0 Å². The first kappa shape index (κ1) is 19.7. The SMILES string of the molecule is CCc1ccc(N(CC(=O)Nc2c(C)cccc2C(C)C)C(C)=O)cc1. The molecule has 4 heteroatoms. The second kappa shape index (κ2) is 8.65. The largest absolute Gasteiger partial charge is 0.324 e. The Morgan fingerprint density at radius 3 is 2.27 bits per heavy atom. The fraction of sp³-hybridized carbons (Fsp3) is 0.364. The molecule has 2 aromatic carbocycles. The van der Waals surface area contributed by atoms with Crippen LogP contribution in [0.15, 0.2) is 42.5 Å². The lowest BCUT2D eigenvalue weighted by atomic mass is 9.98. The second-order valence-corrected chi connectivity index (χ2v) is 6.87. The number of amides is 2. The standard InChI is InChI=1S/C22H28N2O2/c1-6-18-10-12-19(13-11-18)24(17(5)25)14-21(26)23-22-16(4)8-7-9-20(22)15(2)3/h7-13,15H,6,14H2,1-5H3,(H,23,26). The molecule has 0 bridgehead atoms. The zero-order chi connectivity index (χ0) is 19.3. The Kier molecular flexibility index (Phi) is 6.56. The highest BCUT2D eigenvalue weighted by molar-refractivity contribution is 6.02. The zero-order valence-electron chi connectivity index (χ0n) is 16.3. The van der Waals surface area contributed by atoms with Gasteiger partial charge in [0.2, 0.25) is 11.8 Å². The van der Waals surface area contributed by atoms with E-state index in [0.29, 0.717) is 5.92 Å². The van der Waals surface area contributed by atoms with E-state index in [1.54, 1.807) is 0 Å². The Hall–Kier alpha value is -2.62. The number of benzene rings is 2. The Morgan fingerprint density at radius 2 is 1.73 bits per heavy atom. The number of para-hydroxylation sites is 1. The van der Waals surface area contributed by atoms with Crippen molar-refractivity contribution >= 4 is 23.2 Å². The molecule has 1 N–H and O–H groups in total. The molecule has 0 aliphatic rings. The lowest BCUT2D eigenvalue weighted by Gasteiger charge is -2.22. The van der Waals surface area contributed by atoms with E-state index >= 15 is 0 Å². The molecule has 0 saturated heterocycles. The van der Waals surface area contributed by atoms with Crippen LogP contribution in [0.1, 0.15) is 50.3 Å². The molecule has 0 heterocycles. The third-order valence-electron chi connectivity index (χ3n) is 4.53. The van der Waals surface area contributed by atoms with E-state index in [-0.39, 0.29) is 18.4 Å². The molecule has 4 nitrogen and oxygen atoms in total. The molecule has 0 spiro atoms. The van der Waals surface area contributed by atoms with Gasteiger partial charge < -0.3 is 10.2 Å². The lowest BCUT2D eigenvalue weighted by molar-refractivity contribution is -0.120. The Morgan fingerprint density at radius 1 is 1.08 bits per heavy atom. The first-order chi connectivity index (χ1) is 12.3. The highest BCUT2D eigenvalue weighted by Crippen LogP contribution is 2.27. The summed E-state index contributed by atoms with van der Waals surface area (Å²) in [5.74, 6) is -0.0510. The number of anilines is 2.